The average Bonchev–Trinajstić information content (AvgIpc) is 2.59. The van der Waals surface area contributed by atoms with E-state index < -0.39 is 18.8 Å². The van der Waals surface area contributed by atoms with Crippen LogP contribution in [0.2, 0.25) is 0 Å². The highest BCUT2D eigenvalue weighted by atomic mass is 19.2. The molecule has 1 fully saturated rings. The van der Waals surface area contributed by atoms with Crippen LogP contribution < -0.4 is 5.46 Å². The first kappa shape index (κ1) is 17.6. The normalized spacial score (nSPS) is 19.3. The van der Waals surface area contributed by atoms with Crippen molar-refractivity contribution in [2.45, 2.75) is 70.6 Å². The van der Waals surface area contributed by atoms with Gasteiger partial charge in [-0.1, -0.05) is 25.3 Å². The van der Waals surface area contributed by atoms with Crippen molar-refractivity contribution in [3.63, 3.8) is 0 Å². The summed E-state index contributed by atoms with van der Waals surface area (Å²) >= 11 is 0. The van der Waals surface area contributed by atoms with E-state index in [1.165, 1.54) is 6.42 Å². The molecule has 1 saturated carbocycles. The Morgan fingerprint density at radius 3 is 2.29 bits per heavy atom. The molecule has 24 heavy (non-hydrogen) atoms. The Kier molecular flexibility index (Phi) is 5.41. The van der Waals surface area contributed by atoms with E-state index in [1.807, 2.05) is 6.08 Å². The largest absolute Gasteiger partial charge is 0.491 e. The Hall–Kier alpha value is -1.20. The van der Waals surface area contributed by atoms with Crippen molar-refractivity contribution >= 4 is 18.2 Å². The number of benzene rings is 1. The quantitative estimate of drug-likeness (QED) is 0.822. The Bertz CT molecular complexity index is 650. The molecule has 2 nitrogen and oxygen atoms in total. The van der Waals surface area contributed by atoms with Gasteiger partial charge in [0.1, 0.15) is 0 Å². The van der Waals surface area contributed by atoms with E-state index in [4.69, 9.17) is 0 Å². The van der Waals surface area contributed by atoms with Gasteiger partial charge in [0.15, 0.2) is 11.6 Å². The van der Waals surface area contributed by atoms with Crippen LogP contribution in [0.4, 0.5) is 8.78 Å². The summed E-state index contributed by atoms with van der Waals surface area (Å²) in [6.45, 7) is 1.70. The van der Waals surface area contributed by atoms with Gasteiger partial charge in [0.2, 0.25) is 0 Å². The summed E-state index contributed by atoms with van der Waals surface area (Å²) in [7, 11) is -1.99. The van der Waals surface area contributed by atoms with Crippen molar-refractivity contribution in [3.05, 3.63) is 34.4 Å². The van der Waals surface area contributed by atoms with Crippen LogP contribution in [0.1, 0.15) is 80.4 Å². The van der Waals surface area contributed by atoms with Crippen LogP contribution in [0.5, 0.6) is 0 Å². The molecular formula is C19H25BF2O2. The number of rotatable bonds is 3. The van der Waals surface area contributed by atoms with Crippen molar-refractivity contribution in [2.75, 3.05) is 0 Å². The maximum Gasteiger partial charge on any atom is 0.491 e. The van der Waals surface area contributed by atoms with Gasteiger partial charge < -0.3 is 10.0 Å². The molecule has 2 aliphatic carbocycles. The Labute approximate surface area is 142 Å². The fourth-order valence-corrected chi connectivity index (χ4v) is 4.43. The van der Waals surface area contributed by atoms with E-state index in [1.54, 1.807) is 6.92 Å². The number of halogens is 2. The fourth-order valence-electron chi connectivity index (χ4n) is 4.43. The molecule has 0 heterocycles. The predicted molar refractivity (Wildman–Crippen MR) is 93.2 cm³/mol. The van der Waals surface area contributed by atoms with Gasteiger partial charge in [0.05, 0.1) is 0 Å². The van der Waals surface area contributed by atoms with E-state index in [-0.39, 0.29) is 11.4 Å². The Morgan fingerprint density at radius 2 is 1.71 bits per heavy atom. The summed E-state index contributed by atoms with van der Waals surface area (Å²) in [5.74, 6) is -1.84. The zero-order valence-corrected chi connectivity index (χ0v) is 14.2. The highest BCUT2D eigenvalue weighted by Gasteiger charge is 2.33. The first-order chi connectivity index (χ1) is 11.5. The third-order valence-electron chi connectivity index (χ3n) is 5.61. The molecule has 0 saturated heterocycles. The standard InChI is InChI=1S/C19H25BF2O2/c1-12-15(13-8-4-2-5-9-13)16(14-10-6-3-7-11-14)18(21)19(22)17(12)20(23)24/h10,13,23-24H,2-9,11H2,1H3. The molecule has 0 unspecified atom stereocenters. The Balaban J connectivity index is 2.23. The third kappa shape index (κ3) is 3.16. The second kappa shape index (κ2) is 7.36. The van der Waals surface area contributed by atoms with Gasteiger partial charge >= 0.3 is 7.12 Å². The zero-order valence-electron chi connectivity index (χ0n) is 14.2. The third-order valence-corrected chi connectivity index (χ3v) is 5.61. The first-order valence-corrected chi connectivity index (χ1v) is 9.09. The van der Waals surface area contributed by atoms with Crippen molar-refractivity contribution in [1.29, 1.82) is 0 Å². The van der Waals surface area contributed by atoms with Crippen molar-refractivity contribution in [1.82, 2.24) is 0 Å². The molecule has 2 N–H and O–H groups in total. The Morgan fingerprint density at radius 1 is 1.00 bits per heavy atom. The lowest BCUT2D eigenvalue weighted by Gasteiger charge is -2.29. The van der Waals surface area contributed by atoms with E-state index in [0.717, 1.165) is 62.5 Å². The van der Waals surface area contributed by atoms with Crippen molar-refractivity contribution in [2.24, 2.45) is 0 Å². The highest BCUT2D eigenvalue weighted by Crippen LogP contribution is 2.41. The van der Waals surface area contributed by atoms with E-state index in [0.29, 0.717) is 11.1 Å². The van der Waals surface area contributed by atoms with Crippen LogP contribution in [0.15, 0.2) is 6.08 Å². The van der Waals surface area contributed by atoms with Gasteiger partial charge in [-0.15, -0.1) is 0 Å². The molecule has 0 amide bonds. The molecule has 0 aliphatic heterocycles. The van der Waals surface area contributed by atoms with Crippen molar-refractivity contribution < 1.29 is 18.8 Å². The molecular weight excluding hydrogens is 309 g/mol. The predicted octanol–water partition coefficient (Wildman–Crippen LogP) is 3.96. The lowest BCUT2D eigenvalue weighted by Crippen LogP contribution is -2.38. The molecule has 0 bridgehead atoms. The van der Waals surface area contributed by atoms with Crippen LogP contribution in [-0.4, -0.2) is 17.2 Å². The number of hydrogen-bond acceptors (Lipinski definition) is 2. The van der Waals surface area contributed by atoms with E-state index >= 15 is 0 Å². The van der Waals surface area contributed by atoms with Gasteiger partial charge in [-0.3, -0.25) is 0 Å². The summed E-state index contributed by atoms with van der Waals surface area (Å²) in [6.07, 6.45) is 11.0. The van der Waals surface area contributed by atoms with Crippen LogP contribution in [0.25, 0.3) is 5.57 Å². The van der Waals surface area contributed by atoms with Crippen LogP contribution in [-0.2, 0) is 0 Å². The summed E-state index contributed by atoms with van der Waals surface area (Å²) in [4.78, 5) is 0. The molecule has 0 radical (unpaired) electrons. The van der Waals surface area contributed by atoms with Gasteiger partial charge in [0, 0.05) is 11.0 Å². The maximum atomic E-state index is 15.0. The molecule has 0 aromatic heterocycles. The van der Waals surface area contributed by atoms with E-state index in [2.05, 4.69) is 0 Å². The first-order valence-electron chi connectivity index (χ1n) is 9.09. The summed E-state index contributed by atoms with van der Waals surface area (Å²) in [5, 5.41) is 19.1. The van der Waals surface area contributed by atoms with Gasteiger partial charge in [-0.05, 0) is 68.1 Å². The van der Waals surface area contributed by atoms with Crippen LogP contribution in [0, 0.1) is 18.6 Å². The molecule has 1 aromatic rings. The highest BCUT2D eigenvalue weighted by molar-refractivity contribution is 6.59. The molecule has 5 heteroatoms. The SMILES string of the molecule is Cc1c(B(O)O)c(F)c(F)c(C2=CCCCC2)c1C1CCCCC1. The summed E-state index contributed by atoms with van der Waals surface area (Å²) in [6, 6.07) is 0. The summed E-state index contributed by atoms with van der Waals surface area (Å²) in [5.41, 5.74) is 2.32. The molecule has 0 atom stereocenters. The molecule has 3 rings (SSSR count). The number of allylic oxidation sites excluding steroid dienone is 2. The second-order valence-corrected chi connectivity index (χ2v) is 7.14. The molecule has 0 spiro atoms. The van der Waals surface area contributed by atoms with Gasteiger partial charge in [-0.2, -0.15) is 0 Å². The zero-order chi connectivity index (χ0) is 17.3. The van der Waals surface area contributed by atoms with Gasteiger partial charge in [0.25, 0.3) is 0 Å². The lowest BCUT2D eigenvalue weighted by atomic mass is 9.69. The minimum Gasteiger partial charge on any atom is -0.423 e. The fraction of sp³-hybridized carbons (Fsp3) is 0.579. The topological polar surface area (TPSA) is 40.5 Å². The number of hydrogen-bond donors (Lipinski definition) is 2. The average molecular weight is 334 g/mol. The summed E-state index contributed by atoms with van der Waals surface area (Å²) < 4.78 is 29.5. The molecule has 1 aromatic carbocycles. The van der Waals surface area contributed by atoms with Crippen LogP contribution >= 0.6 is 0 Å². The second-order valence-electron chi connectivity index (χ2n) is 7.14. The van der Waals surface area contributed by atoms with Gasteiger partial charge in [-0.25, -0.2) is 8.78 Å². The minimum atomic E-state index is -1.99. The van der Waals surface area contributed by atoms with Crippen molar-refractivity contribution in [3.8, 4) is 0 Å². The van der Waals surface area contributed by atoms with E-state index in [9.17, 15) is 18.8 Å². The lowest BCUT2D eigenvalue weighted by molar-refractivity contribution is 0.416. The monoisotopic (exact) mass is 334 g/mol. The smallest absolute Gasteiger partial charge is 0.423 e. The van der Waals surface area contributed by atoms with Crippen LogP contribution in [0.3, 0.4) is 0 Å². The maximum absolute atomic E-state index is 15.0. The molecule has 130 valence electrons. The molecule has 2 aliphatic rings. The minimum absolute atomic E-state index is 0.171.